The number of aromatic nitrogens is 1. The Morgan fingerprint density at radius 3 is 2.72 bits per heavy atom. The first kappa shape index (κ1) is 19.5. The quantitative estimate of drug-likeness (QED) is 0.672. The average Bonchev–Trinajstić information content (AvgIpc) is 3.22. The number of benzene rings is 2. The van der Waals surface area contributed by atoms with Gasteiger partial charge in [0.2, 0.25) is 15.9 Å². The zero-order chi connectivity index (χ0) is 20.4. The lowest BCUT2D eigenvalue weighted by Crippen LogP contribution is -2.43. The summed E-state index contributed by atoms with van der Waals surface area (Å²) >= 11 is 0. The van der Waals surface area contributed by atoms with Gasteiger partial charge in [-0.15, -0.1) is 0 Å². The number of hydrogen-bond donors (Lipinski definition) is 2. The van der Waals surface area contributed by atoms with Crippen molar-refractivity contribution in [2.45, 2.75) is 17.7 Å². The molecule has 29 heavy (non-hydrogen) atoms. The molecule has 1 aliphatic rings. The summed E-state index contributed by atoms with van der Waals surface area (Å²) in [7, 11) is -2.12. The van der Waals surface area contributed by atoms with E-state index in [9.17, 15) is 13.2 Å². The van der Waals surface area contributed by atoms with E-state index >= 15 is 0 Å². The van der Waals surface area contributed by atoms with Gasteiger partial charge in [-0.2, -0.15) is 4.31 Å². The lowest BCUT2D eigenvalue weighted by Gasteiger charge is -2.31. The van der Waals surface area contributed by atoms with Crippen molar-refractivity contribution in [1.29, 1.82) is 0 Å². The van der Waals surface area contributed by atoms with Crippen LogP contribution in [0.4, 0.5) is 5.69 Å². The minimum Gasteiger partial charge on any atom is -0.497 e. The molecule has 1 aliphatic heterocycles. The predicted molar refractivity (Wildman–Crippen MR) is 111 cm³/mol. The molecule has 2 heterocycles. The summed E-state index contributed by atoms with van der Waals surface area (Å²) < 4.78 is 32.5. The molecule has 0 spiro atoms. The fraction of sp³-hybridized carbons (Fsp3) is 0.286. The fourth-order valence-electron chi connectivity index (χ4n) is 3.65. The molecule has 1 amide bonds. The molecular formula is C21H23N3O4S. The van der Waals surface area contributed by atoms with Gasteiger partial charge in [0.15, 0.2) is 0 Å². The molecule has 152 valence electrons. The third-order valence-corrected chi connectivity index (χ3v) is 7.15. The van der Waals surface area contributed by atoms with E-state index in [2.05, 4.69) is 10.3 Å². The molecule has 3 aromatic rings. The first-order valence-corrected chi connectivity index (χ1v) is 10.9. The Morgan fingerprint density at radius 1 is 1.17 bits per heavy atom. The van der Waals surface area contributed by atoms with Gasteiger partial charge < -0.3 is 15.0 Å². The maximum absolute atomic E-state index is 13.0. The Morgan fingerprint density at radius 2 is 1.97 bits per heavy atom. The van der Waals surface area contributed by atoms with Crippen LogP contribution in [-0.4, -0.2) is 43.8 Å². The van der Waals surface area contributed by atoms with E-state index in [0.29, 0.717) is 30.8 Å². The maximum Gasteiger partial charge on any atom is 0.243 e. The standard InChI is InChI=1S/C21H23N3O4S/c1-28-18-5-7-19(8-6-18)29(26,27)24-12-2-3-16(14-24)21(25)23-17-4-9-20-15(13-17)10-11-22-20/h4-11,13,16,22H,2-3,12,14H2,1H3,(H,23,25)/t16-/m1/s1. The number of rotatable bonds is 5. The zero-order valence-electron chi connectivity index (χ0n) is 16.1. The molecular weight excluding hydrogens is 390 g/mol. The van der Waals surface area contributed by atoms with Gasteiger partial charge in [-0.05, 0) is 61.4 Å². The van der Waals surface area contributed by atoms with E-state index < -0.39 is 15.9 Å². The predicted octanol–water partition coefficient (Wildman–Crippen LogP) is 3.22. The highest BCUT2D eigenvalue weighted by atomic mass is 32.2. The Balaban J connectivity index is 1.47. The van der Waals surface area contributed by atoms with E-state index in [0.717, 1.165) is 10.9 Å². The number of anilines is 1. The molecule has 1 aromatic heterocycles. The molecule has 1 saturated heterocycles. The van der Waals surface area contributed by atoms with E-state index in [1.807, 2.05) is 30.5 Å². The molecule has 4 rings (SSSR count). The Bertz CT molecular complexity index is 1120. The van der Waals surface area contributed by atoms with Gasteiger partial charge >= 0.3 is 0 Å². The molecule has 0 aliphatic carbocycles. The molecule has 7 nitrogen and oxygen atoms in total. The number of piperidine rings is 1. The molecule has 2 aromatic carbocycles. The number of ether oxygens (including phenoxy) is 1. The van der Waals surface area contributed by atoms with Crippen LogP contribution in [-0.2, 0) is 14.8 Å². The first-order valence-electron chi connectivity index (χ1n) is 9.49. The van der Waals surface area contributed by atoms with Crippen molar-refractivity contribution in [3.63, 3.8) is 0 Å². The molecule has 8 heteroatoms. The van der Waals surface area contributed by atoms with Crippen LogP contribution in [0.5, 0.6) is 5.75 Å². The van der Waals surface area contributed by atoms with E-state index in [1.165, 1.54) is 23.5 Å². The minimum atomic E-state index is -3.65. The van der Waals surface area contributed by atoms with Crippen molar-refractivity contribution in [1.82, 2.24) is 9.29 Å². The highest BCUT2D eigenvalue weighted by Crippen LogP contribution is 2.26. The Kier molecular flexibility index (Phi) is 5.29. The van der Waals surface area contributed by atoms with Gasteiger partial charge in [0.05, 0.1) is 17.9 Å². The molecule has 0 saturated carbocycles. The molecule has 0 radical (unpaired) electrons. The second kappa shape index (κ2) is 7.88. The third kappa shape index (κ3) is 3.99. The number of fused-ring (bicyclic) bond motifs is 1. The van der Waals surface area contributed by atoms with E-state index in [1.54, 1.807) is 12.1 Å². The lowest BCUT2D eigenvalue weighted by atomic mass is 9.98. The number of carbonyl (C=O) groups is 1. The third-order valence-electron chi connectivity index (χ3n) is 5.27. The topological polar surface area (TPSA) is 91.5 Å². The molecule has 0 bridgehead atoms. The van der Waals surface area contributed by atoms with Crippen LogP contribution < -0.4 is 10.1 Å². The van der Waals surface area contributed by atoms with Gasteiger partial charge in [-0.1, -0.05) is 0 Å². The smallest absolute Gasteiger partial charge is 0.243 e. The zero-order valence-corrected chi connectivity index (χ0v) is 16.9. The van der Waals surface area contributed by atoms with Crippen LogP contribution in [0.15, 0.2) is 59.6 Å². The summed E-state index contributed by atoms with van der Waals surface area (Å²) in [5.41, 5.74) is 1.70. The van der Waals surface area contributed by atoms with Crippen LogP contribution in [0, 0.1) is 5.92 Å². The van der Waals surface area contributed by atoms with Gasteiger partial charge in [0, 0.05) is 35.9 Å². The Hall–Kier alpha value is -2.84. The van der Waals surface area contributed by atoms with Crippen LogP contribution in [0.25, 0.3) is 10.9 Å². The van der Waals surface area contributed by atoms with Gasteiger partial charge in [-0.3, -0.25) is 4.79 Å². The monoisotopic (exact) mass is 413 g/mol. The number of nitrogens with one attached hydrogen (secondary N) is 2. The number of H-pyrrole nitrogens is 1. The highest BCUT2D eigenvalue weighted by molar-refractivity contribution is 7.89. The van der Waals surface area contributed by atoms with Crippen LogP contribution in [0.3, 0.4) is 0 Å². The summed E-state index contributed by atoms with van der Waals surface area (Å²) in [6, 6.07) is 13.9. The molecule has 1 atom stereocenters. The summed E-state index contributed by atoms with van der Waals surface area (Å²) in [4.78, 5) is 16.1. The number of sulfonamides is 1. The van der Waals surface area contributed by atoms with Crippen molar-refractivity contribution in [3.8, 4) is 5.75 Å². The average molecular weight is 413 g/mol. The van der Waals surface area contributed by atoms with Crippen LogP contribution in [0.2, 0.25) is 0 Å². The van der Waals surface area contributed by atoms with Gasteiger partial charge in [-0.25, -0.2) is 8.42 Å². The second-order valence-electron chi connectivity index (χ2n) is 7.15. The van der Waals surface area contributed by atoms with Crippen molar-refractivity contribution >= 4 is 32.5 Å². The summed E-state index contributed by atoms with van der Waals surface area (Å²) in [6.45, 7) is 0.583. The number of nitrogens with zero attached hydrogens (tertiary/aromatic N) is 1. The van der Waals surface area contributed by atoms with E-state index in [-0.39, 0.29) is 17.3 Å². The molecule has 1 fully saturated rings. The number of hydrogen-bond acceptors (Lipinski definition) is 4. The summed E-state index contributed by atoms with van der Waals surface area (Å²) in [5, 5.41) is 3.94. The van der Waals surface area contributed by atoms with Gasteiger partial charge in [0.1, 0.15) is 5.75 Å². The minimum absolute atomic E-state index is 0.158. The number of amides is 1. The normalized spacial score (nSPS) is 17.9. The summed E-state index contributed by atoms with van der Waals surface area (Å²) in [6.07, 6.45) is 3.15. The second-order valence-corrected chi connectivity index (χ2v) is 9.08. The van der Waals surface area contributed by atoms with Gasteiger partial charge in [0.25, 0.3) is 0 Å². The van der Waals surface area contributed by atoms with Crippen LogP contribution in [0.1, 0.15) is 12.8 Å². The number of carbonyl (C=O) groups excluding carboxylic acids is 1. The molecule has 2 N–H and O–H groups in total. The van der Waals surface area contributed by atoms with Crippen LogP contribution >= 0.6 is 0 Å². The lowest BCUT2D eigenvalue weighted by molar-refractivity contribution is -0.120. The maximum atomic E-state index is 13.0. The van der Waals surface area contributed by atoms with Crippen molar-refractivity contribution in [2.75, 3.05) is 25.5 Å². The van der Waals surface area contributed by atoms with Crippen molar-refractivity contribution in [3.05, 3.63) is 54.7 Å². The SMILES string of the molecule is COc1ccc(S(=O)(=O)N2CCC[C@@H](C(=O)Nc3ccc4[nH]ccc4c3)C2)cc1. The largest absolute Gasteiger partial charge is 0.497 e. The highest BCUT2D eigenvalue weighted by Gasteiger charge is 2.33. The van der Waals surface area contributed by atoms with Crippen molar-refractivity contribution in [2.24, 2.45) is 5.92 Å². The Labute approximate surface area is 169 Å². The van der Waals surface area contributed by atoms with E-state index in [4.69, 9.17) is 4.74 Å². The number of methoxy groups -OCH3 is 1. The summed E-state index contributed by atoms with van der Waals surface area (Å²) in [5.74, 6) is 0.0486. The molecule has 0 unspecified atom stereocenters. The first-order chi connectivity index (χ1) is 14.0. The number of aromatic amines is 1. The fourth-order valence-corrected chi connectivity index (χ4v) is 5.17. The van der Waals surface area contributed by atoms with Crippen molar-refractivity contribution < 1.29 is 17.9 Å².